The first-order chi connectivity index (χ1) is 9.93. The first-order valence-electron chi connectivity index (χ1n) is 7.50. The van der Waals surface area contributed by atoms with Crippen LogP contribution in [0.5, 0.6) is 0 Å². The van der Waals surface area contributed by atoms with Gasteiger partial charge in [-0.1, -0.05) is 13.8 Å². The molecule has 2 aliphatic rings. The number of amides is 1. The van der Waals surface area contributed by atoms with Gasteiger partial charge in [0.15, 0.2) is 0 Å². The number of aliphatic carboxylic acids is 1. The fraction of sp³-hybridized carbons (Fsp3) is 0.667. The summed E-state index contributed by atoms with van der Waals surface area (Å²) < 4.78 is 0. The van der Waals surface area contributed by atoms with Crippen LogP contribution in [-0.4, -0.2) is 45.2 Å². The maximum Gasteiger partial charge on any atom is 0.307 e. The minimum absolute atomic E-state index is 0.0444. The van der Waals surface area contributed by atoms with Gasteiger partial charge in [0, 0.05) is 18.8 Å². The highest BCUT2D eigenvalue weighted by atomic mass is 16.4. The van der Waals surface area contributed by atoms with Crippen LogP contribution in [-0.2, 0) is 4.79 Å². The van der Waals surface area contributed by atoms with Gasteiger partial charge in [-0.2, -0.15) is 5.10 Å². The van der Waals surface area contributed by atoms with Crippen molar-refractivity contribution in [2.45, 2.75) is 39.0 Å². The number of piperidine rings is 1. The van der Waals surface area contributed by atoms with Crippen molar-refractivity contribution in [3.8, 4) is 0 Å². The van der Waals surface area contributed by atoms with E-state index in [0.717, 1.165) is 25.0 Å². The summed E-state index contributed by atoms with van der Waals surface area (Å²) in [6, 6.07) is 1.81. The molecule has 2 N–H and O–H groups in total. The van der Waals surface area contributed by atoms with Crippen LogP contribution in [0, 0.1) is 11.3 Å². The number of carbonyl (C=O) groups is 2. The topological polar surface area (TPSA) is 86.3 Å². The lowest BCUT2D eigenvalue weighted by atomic mass is 9.90. The fourth-order valence-electron chi connectivity index (χ4n) is 3.31. The molecule has 0 aromatic carbocycles. The lowest BCUT2D eigenvalue weighted by Crippen LogP contribution is -2.40. The van der Waals surface area contributed by atoms with Gasteiger partial charge >= 0.3 is 5.97 Å². The first kappa shape index (κ1) is 14.1. The SMILES string of the molecule is CC(C)c1cc(C(=O)N2CCC3(CC2)CC3C(=O)O)n[nH]1. The van der Waals surface area contributed by atoms with E-state index < -0.39 is 5.97 Å². The van der Waals surface area contributed by atoms with E-state index in [-0.39, 0.29) is 17.2 Å². The van der Waals surface area contributed by atoms with E-state index in [1.54, 1.807) is 4.90 Å². The van der Waals surface area contributed by atoms with E-state index in [0.29, 0.717) is 24.7 Å². The Hall–Kier alpha value is -1.85. The average molecular weight is 291 g/mol. The highest BCUT2D eigenvalue weighted by Crippen LogP contribution is 2.59. The molecule has 2 fully saturated rings. The molecule has 1 atom stereocenters. The largest absolute Gasteiger partial charge is 0.481 e. The van der Waals surface area contributed by atoms with E-state index in [2.05, 4.69) is 10.2 Å². The van der Waals surface area contributed by atoms with Crippen LogP contribution in [0.25, 0.3) is 0 Å². The number of H-pyrrole nitrogens is 1. The average Bonchev–Trinajstić information content (AvgIpc) is 2.94. The molecule has 1 aromatic heterocycles. The molecule has 6 heteroatoms. The standard InChI is InChI=1S/C15H21N3O3/c1-9(2)11-7-12(17-16-11)13(19)18-5-3-15(4-6-18)8-10(15)14(20)21/h7,9-10H,3-6,8H2,1-2H3,(H,16,17)(H,20,21). The lowest BCUT2D eigenvalue weighted by Gasteiger charge is -2.32. The van der Waals surface area contributed by atoms with Crippen molar-refractivity contribution < 1.29 is 14.7 Å². The zero-order valence-corrected chi connectivity index (χ0v) is 12.4. The van der Waals surface area contributed by atoms with Crippen molar-refractivity contribution in [2.75, 3.05) is 13.1 Å². The van der Waals surface area contributed by atoms with Crippen LogP contribution < -0.4 is 0 Å². The van der Waals surface area contributed by atoms with Crippen LogP contribution >= 0.6 is 0 Å². The highest BCUT2D eigenvalue weighted by Gasteiger charge is 2.59. The molecule has 0 bridgehead atoms. The molecule has 1 saturated heterocycles. The summed E-state index contributed by atoms with van der Waals surface area (Å²) in [5.74, 6) is -0.636. The molecule has 0 radical (unpaired) electrons. The summed E-state index contributed by atoms with van der Waals surface area (Å²) in [6.07, 6.45) is 2.35. The maximum atomic E-state index is 12.4. The summed E-state index contributed by atoms with van der Waals surface area (Å²) in [5, 5.41) is 16.1. The smallest absolute Gasteiger partial charge is 0.307 e. The summed E-state index contributed by atoms with van der Waals surface area (Å²) >= 11 is 0. The maximum absolute atomic E-state index is 12.4. The molecular formula is C15H21N3O3. The van der Waals surface area contributed by atoms with E-state index in [1.165, 1.54) is 0 Å². The Kier molecular flexibility index (Phi) is 3.26. The molecule has 1 saturated carbocycles. The lowest BCUT2D eigenvalue weighted by molar-refractivity contribution is -0.139. The Morgan fingerprint density at radius 1 is 1.43 bits per heavy atom. The zero-order valence-electron chi connectivity index (χ0n) is 12.4. The molecule has 1 aliphatic heterocycles. The van der Waals surface area contributed by atoms with Crippen molar-refractivity contribution in [3.63, 3.8) is 0 Å². The van der Waals surface area contributed by atoms with E-state index >= 15 is 0 Å². The number of rotatable bonds is 3. The Morgan fingerprint density at radius 3 is 2.57 bits per heavy atom. The van der Waals surface area contributed by atoms with E-state index in [9.17, 15) is 9.59 Å². The predicted molar refractivity (Wildman–Crippen MR) is 76.0 cm³/mol. The van der Waals surface area contributed by atoms with Gasteiger partial charge in [-0.25, -0.2) is 0 Å². The van der Waals surface area contributed by atoms with Crippen molar-refractivity contribution in [2.24, 2.45) is 11.3 Å². The summed E-state index contributed by atoms with van der Waals surface area (Å²) in [4.78, 5) is 25.2. The van der Waals surface area contributed by atoms with Crippen molar-refractivity contribution in [1.29, 1.82) is 0 Å². The summed E-state index contributed by atoms with van der Waals surface area (Å²) in [5.41, 5.74) is 1.37. The van der Waals surface area contributed by atoms with Crippen LogP contribution in [0.3, 0.4) is 0 Å². The zero-order chi connectivity index (χ0) is 15.2. The second-order valence-electron chi connectivity index (χ2n) is 6.61. The van der Waals surface area contributed by atoms with Gasteiger partial charge in [0.25, 0.3) is 5.91 Å². The van der Waals surface area contributed by atoms with Crippen LogP contribution in [0.15, 0.2) is 6.07 Å². The molecule has 1 amide bonds. The van der Waals surface area contributed by atoms with Gasteiger partial charge in [0.2, 0.25) is 0 Å². The molecule has 2 heterocycles. The van der Waals surface area contributed by atoms with Gasteiger partial charge in [-0.3, -0.25) is 14.7 Å². The van der Waals surface area contributed by atoms with E-state index in [1.807, 2.05) is 19.9 Å². The second-order valence-corrected chi connectivity index (χ2v) is 6.61. The number of hydrogen-bond acceptors (Lipinski definition) is 3. The molecule has 6 nitrogen and oxygen atoms in total. The van der Waals surface area contributed by atoms with Gasteiger partial charge < -0.3 is 10.0 Å². The van der Waals surface area contributed by atoms with Gasteiger partial charge in [-0.15, -0.1) is 0 Å². The monoisotopic (exact) mass is 291 g/mol. The quantitative estimate of drug-likeness (QED) is 0.890. The number of aromatic amines is 1. The number of nitrogens with one attached hydrogen (secondary N) is 1. The Bertz CT molecular complexity index is 570. The highest BCUT2D eigenvalue weighted by molar-refractivity contribution is 5.92. The van der Waals surface area contributed by atoms with Crippen molar-refractivity contribution in [1.82, 2.24) is 15.1 Å². The normalized spacial score (nSPS) is 23.6. The first-order valence-corrected chi connectivity index (χ1v) is 7.50. The minimum Gasteiger partial charge on any atom is -0.481 e. The number of hydrogen-bond donors (Lipinski definition) is 2. The molecule has 1 aromatic rings. The number of carboxylic acids is 1. The molecule has 1 aliphatic carbocycles. The van der Waals surface area contributed by atoms with Gasteiger partial charge in [-0.05, 0) is 36.7 Å². The van der Waals surface area contributed by atoms with Crippen molar-refractivity contribution >= 4 is 11.9 Å². The number of aromatic nitrogens is 2. The van der Waals surface area contributed by atoms with Gasteiger partial charge in [0.05, 0.1) is 5.92 Å². The number of likely N-dealkylation sites (tertiary alicyclic amines) is 1. The molecular weight excluding hydrogens is 270 g/mol. The minimum atomic E-state index is -0.691. The number of carboxylic acid groups (broad SMARTS) is 1. The number of nitrogens with zero attached hydrogens (tertiary/aromatic N) is 2. The molecule has 1 spiro atoms. The second kappa shape index (κ2) is 4.86. The van der Waals surface area contributed by atoms with Crippen LogP contribution in [0.2, 0.25) is 0 Å². The Balaban J connectivity index is 1.61. The predicted octanol–water partition coefficient (Wildman–Crippen LogP) is 1.86. The summed E-state index contributed by atoms with van der Waals surface area (Å²) in [6.45, 7) is 5.36. The van der Waals surface area contributed by atoms with E-state index in [4.69, 9.17) is 5.11 Å². The Labute approximate surface area is 123 Å². The summed E-state index contributed by atoms with van der Waals surface area (Å²) in [7, 11) is 0. The van der Waals surface area contributed by atoms with Gasteiger partial charge in [0.1, 0.15) is 5.69 Å². The molecule has 3 rings (SSSR count). The van der Waals surface area contributed by atoms with Crippen molar-refractivity contribution in [3.05, 3.63) is 17.5 Å². The fourth-order valence-corrected chi connectivity index (χ4v) is 3.31. The third-order valence-corrected chi connectivity index (χ3v) is 4.97. The number of carbonyl (C=O) groups excluding carboxylic acids is 1. The van der Waals surface area contributed by atoms with Crippen LogP contribution in [0.1, 0.15) is 55.2 Å². The third kappa shape index (κ3) is 2.43. The van der Waals surface area contributed by atoms with Crippen LogP contribution in [0.4, 0.5) is 0 Å². The molecule has 21 heavy (non-hydrogen) atoms. The Morgan fingerprint density at radius 2 is 2.10 bits per heavy atom. The third-order valence-electron chi connectivity index (χ3n) is 4.97. The molecule has 1 unspecified atom stereocenters. The molecule has 114 valence electrons.